The summed E-state index contributed by atoms with van der Waals surface area (Å²) in [6.07, 6.45) is -3.23. The van der Waals surface area contributed by atoms with Gasteiger partial charge in [0.25, 0.3) is 0 Å². The first kappa shape index (κ1) is 16.8. The van der Waals surface area contributed by atoms with Gasteiger partial charge in [0.1, 0.15) is 0 Å². The summed E-state index contributed by atoms with van der Waals surface area (Å²) >= 11 is 0. The number of halogens is 3. The Morgan fingerprint density at radius 3 is 2.20 bits per heavy atom. The van der Waals surface area contributed by atoms with E-state index in [-0.39, 0.29) is 11.4 Å². The zero-order valence-corrected chi connectivity index (χ0v) is 11.8. The summed E-state index contributed by atoms with van der Waals surface area (Å²) < 4.78 is 62.7. The van der Waals surface area contributed by atoms with Crippen LogP contribution >= 0.6 is 0 Å². The molecule has 0 radical (unpaired) electrons. The first-order valence-corrected chi connectivity index (χ1v) is 7.72. The summed E-state index contributed by atoms with van der Waals surface area (Å²) in [6, 6.07) is 3.90. The number of unbranched alkanes of at least 4 members (excludes halogenated alkanes) is 1. The van der Waals surface area contributed by atoms with Gasteiger partial charge in [-0.05, 0) is 50.7 Å². The van der Waals surface area contributed by atoms with Gasteiger partial charge in [-0.3, -0.25) is 4.72 Å². The van der Waals surface area contributed by atoms with Crippen LogP contribution in [0.1, 0.15) is 18.4 Å². The lowest BCUT2D eigenvalue weighted by Crippen LogP contribution is -2.18. The van der Waals surface area contributed by atoms with Crippen LogP contribution in [0.15, 0.2) is 24.3 Å². The Morgan fingerprint density at radius 1 is 1.10 bits per heavy atom. The summed E-state index contributed by atoms with van der Waals surface area (Å²) in [5.41, 5.74) is -0.680. The highest BCUT2D eigenvalue weighted by Crippen LogP contribution is 2.29. The molecule has 0 atom stereocenters. The Bertz CT molecular complexity index is 512. The number of sulfonamides is 1. The summed E-state index contributed by atoms with van der Waals surface area (Å²) in [4.78, 5) is 0. The molecule has 0 aliphatic heterocycles. The molecule has 0 spiro atoms. The molecule has 1 rings (SSSR count). The average Bonchev–Trinajstić information content (AvgIpc) is 2.34. The van der Waals surface area contributed by atoms with Gasteiger partial charge in [0.2, 0.25) is 10.0 Å². The number of alkyl halides is 3. The highest BCUT2D eigenvalue weighted by atomic mass is 32.2. The number of anilines is 1. The van der Waals surface area contributed by atoms with E-state index in [9.17, 15) is 21.6 Å². The van der Waals surface area contributed by atoms with E-state index in [0.717, 1.165) is 30.8 Å². The van der Waals surface area contributed by atoms with Crippen molar-refractivity contribution in [2.24, 2.45) is 0 Å². The van der Waals surface area contributed by atoms with E-state index in [1.807, 2.05) is 0 Å². The van der Waals surface area contributed by atoms with E-state index < -0.39 is 21.8 Å². The van der Waals surface area contributed by atoms with Crippen LogP contribution in [-0.4, -0.2) is 27.8 Å². The summed E-state index contributed by atoms with van der Waals surface area (Å²) in [7, 11) is -1.75. The van der Waals surface area contributed by atoms with E-state index in [2.05, 4.69) is 10.0 Å². The molecule has 4 nitrogen and oxygen atoms in total. The van der Waals surface area contributed by atoms with Crippen LogP contribution in [0.5, 0.6) is 0 Å². The molecule has 1 aromatic rings. The third-order valence-electron chi connectivity index (χ3n) is 2.58. The van der Waals surface area contributed by atoms with Crippen molar-refractivity contribution in [1.82, 2.24) is 5.32 Å². The molecule has 0 saturated heterocycles. The molecule has 0 saturated carbocycles. The van der Waals surface area contributed by atoms with Crippen molar-refractivity contribution in [3.63, 3.8) is 0 Å². The molecule has 0 amide bonds. The van der Waals surface area contributed by atoms with Crippen LogP contribution in [-0.2, 0) is 16.2 Å². The zero-order chi connectivity index (χ0) is 15.2. The Balaban J connectivity index is 2.59. The third kappa shape index (κ3) is 5.79. The molecule has 2 N–H and O–H groups in total. The molecular formula is C12H17F3N2O2S. The second kappa shape index (κ2) is 6.94. The number of rotatable bonds is 7. The van der Waals surface area contributed by atoms with Gasteiger partial charge in [-0.15, -0.1) is 0 Å². The van der Waals surface area contributed by atoms with E-state index >= 15 is 0 Å². The average molecular weight is 310 g/mol. The highest BCUT2D eigenvalue weighted by molar-refractivity contribution is 7.92. The first-order valence-electron chi connectivity index (χ1n) is 6.07. The summed E-state index contributed by atoms with van der Waals surface area (Å²) in [6.45, 7) is 0.718. The van der Waals surface area contributed by atoms with Crippen molar-refractivity contribution in [3.05, 3.63) is 29.8 Å². The normalized spacial score (nSPS) is 12.4. The van der Waals surface area contributed by atoms with Crippen LogP contribution in [0.3, 0.4) is 0 Å². The van der Waals surface area contributed by atoms with Crippen molar-refractivity contribution in [3.8, 4) is 0 Å². The summed E-state index contributed by atoms with van der Waals surface area (Å²) in [5.74, 6) is -0.0598. The second-order valence-corrected chi connectivity index (χ2v) is 6.15. The maximum atomic E-state index is 12.4. The predicted octanol–water partition coefficient (Wildman–Crippen LogP) is 2.45. The monoisotopic (exact) mass is 310 g/mol. The molecule has 1 aromatic carbocycles. The van der Waals surface area contributed by atoms with Crippen LogP contribution in [0.4, 0.5) is 18.9 Å². The molecule has 0 aliphatic rings. The molecule has 0 fully saturated rings. The van der Waals surface area contributed by atoms with Gasteiger partial charge in [-0.2, -0.15) is 13.2 Å². The van der Waals surface area contributed by atoms with E-state index in [1.54, 1.807) is 7.05 Å². The van der Waals surface area contributed by atoms with Gasteiger partial charge >= 0.3 is 6.18 Å². The lowest BCUT2D eigenvalue weighted by Gasteiger charge is -2.10. The van der Waals surface area contributed by atoms with Crippen LogP contribution in [0, 0.1) is 0 Å². The minimum atomic E-state index is -4.43. The van der Waals surface area contributed by atoms with Crippen LogP contribution in [0.2, 0.25) is 0 Å². The number of nitrogens with one attached hydrogen (secondary N) is 2. The zero-order valence-electron chi connectivity index (χ0n) is 11.0. The Hall–Kier alpha value is -1.28. The Kier molecular flexibility index (Phi) is 5.82. The lowest BCUT2D eigenvalue weighted by atomic mass is 10.2. The largest absolute Gasteiger partial charge is 0.416 e. The second-order valence-electron chi connectivity index (χ2n) is 4.31. The third-order valence-corrected chi connectivity index (χ3v) is 3.95. The number of hydrogen-bond donors (Lipinski definition) is 2. The van der Waals surface area contributed by atoms with Gasteiger partial charge in [0, 0.05) is 5.69 Å². The first-order chi connectivity index (χ1) is 9.24. The molecule has 0 heterocycles. The fourth-order valence-electron chi connectivity index (χ4n) is 1.55. The standard InChI is InChI=1S/C12H17F3N2O2S/c1-16-8-2-3-9-20(18,19)17-11-6-4-10(5-7-11)12(13,14)15/h4-7,16-17H,2-3,8-9H2,1H3. The summed E-state index contributed by atoms with van der Waals surface area (Å²) in [5, 5.41) is 2.90. The van der Waals surface area contributed by atoms with Crippen molar-refractivity contribution in [2.75, 3.05) is 24.1 Å². The molecular weight excluding hydrogens is 293 g/mol. The van der Waals surface area contributed by atoms with Crippen molar-refractivity contribution in [1.29, 1.82) is 0 Å². The fraction of sp³-hybridized carbons (Fsp3) is 0.500. The maximum Gasteiger partial charge on any atom is 0.416 e. The molecule has 0 bridgehead atoms. The Labute approximate surface area is 116 Å². The quantitative estimate of drug-likeness (QED) is 0.761. The SMILES string of the molecule is CNCCCCS(=O)(=O)Nc1ccc(C(F)(F)F)cc1. The van der Waals surface area contributed by atoms with Gasteiger partial charge in [-0.25, -0.2) is 8.42 Å². The molecule has 0 aromatic heterocycles. The molecule has 0 unspecified atom stereocenters. The number of hydrogen-bond acceptors (Lipinski definition) is 3. The van der Waals surface area contributed by atoms with Gasteiger partial charge in [0.15, 0.2) is 0 Å². The minimum absolute atomic E-state index is 0.0598. The van der Waals surface area contributed by atoms with E-state index in [1.165, 1.54) is 0 Å². The van der Waals surface area contributed by atoms with Crippen molar-refractivity contribution < 1.29 is 21.6 Å². The fourth-order valence-corrected chi connectivity index (χ4v) is 2.73. The molecule has 114 valence electrons. The van der Waals surface area contributed by atoms with Crippen molar-refractivity contribution in [2.45, 2.75) is 19.0 Å². The maximum absolute atomic E-state index is 12.4. The topological polar surface area (TPSA) is 58.2 Å². The van der Waals surface area contributed by atoms with Crippen molar-refractivity contribution >= 4 is 15.7 Å². The van der Waals surface area contributed by atoms with E-state index in [0.29, 0.717) is 12.8 Å². The molecule has 0 aliphatic carbocycles. The lowest BCUT2D eigenvalue weighted by molar-refractivity contribution is -0.137. The van der Waals surface area contributed by atoms with Crippen LogP contribution < -0.4 is 10.0 Å². The Morgan fingerprint density at radius 2 is 1.70 bits per heavy atom. The smallest absolute Gasteiger partial charge is 0.320 e. The molecule has 20 heavy (non-hydrogen) atoms. The number of benzene rings is 1. The van der Waals surface area contributed by atoms with Gasteiger partial charge < -0.3 is 5.32 Å². The molecule has 8 heteroatoms. The highest BCUT2D eigenvalue weighted by Gasteiger charge is 2.30. The minimum Gasteiger partial charge on any atom is -0.320 e. The van der Waals surface area contributed by atoms with Crippen LogP contribution in [0.25, 0.3) is 0 Å². The predicted molar refractivity (Wildman–Crippen MR) is 72.0 cm³/mol. The van der Waals surface area contributed by atoms with Gasteiger partial charge in [-0.1, -0.05) is 0 Å². The van der Waals surface area contributed by atoms with E-state index in [4.69, 9.17) is 0 Å². The van der Waals surface area contributed by atoms with Gasteiger partial charge in [0.05, 0.1) is 11.3 Å².